The predicted molar refractivity (Wildman–Crippen MR) is 86.3 cm³/mol. The van der Waals surface area contributed by atoms with Gasteiger partial charge < -0.3 is 12.4 Å². The summed E-state index contributed by atoms with van der Waals surface area (Å²) in [5.74, 6) is 6.87. The molecule has 0 saturated heterocycles. The molecule has 0 aromatic carbocycles. The number of amidine groups is 1. The van der Waals surface area contributed by atoms with E-state index in [9.17, 15) is 0 Å². The van der Waals surface area contributed by atoms with Crippen LogP contribution in [0.2, 0.25) is 0 Å². The van der Waals surface area contributed by atoms with Crippen LogP contribution in [0.3, 0.4) is 0 Å². The summed E-state index contributed by atoms with van der Waals surface area (Å²) in [5.41, 5.74) is 0. The van der Waals surface area contributed by atoms with Gasteiger partial charge in [-0.2, -0.15) is 5.01 Å². The van der Waals surface area contributed by atoms with Gasteiger partial charge >= 0.3 is 0 Å². The summed E-state index contributed by atoms with van der Waals surface area (Å²) >= 11 is 0. The molecule has 0 saturated carbocycles. The first-order valence-corrected chi connectivity index (χ1v) is 8.61. The molecule has 3 N–H and O–H groups in total. The van der Waals surface area contributed by atoms with Gasteiger partial charge in [-0.25, -0.2) is 10.9 Å². The first-order chi connectivity index (χ1) is 9.66. The molecule has 1 aliphatic heterocycles. The lowest BCUT2D eigenvalue weighted by Gasteiger charge is -2.18. The van der Waals surface area contributed by atoms with Gasteiger partial charge in [0.25, 0.3) is 0 Å². The molecule has 0 bridgehead atoms. The second-order valence-corrected chi connectivity index (χ2v) is 6.17. The highest BCUT2D eigenvalue weighted by Crippen LogP contribution is 2.10. The van der Waals surface area contributed by atoms with Crippen LogP contribution in [0.15, 0.2) is 5.10 Å². The Morgan fingerprint density at radius 3 is 1.90 bits per heavy atom. The Hall–Kier alpha value is -0.320. The molecule has 4 nitrogen and oxygen atoms in total. The SMILES string of the molecule is CCCCCCCCCCCC[NH+]1N=C(C)N(N)C1C.[Cl-]. The second-order valence-electron chi connectivity index (χ2n) is 6.17. The molecule has 2 atom stereocenters. The molecule has 0 spiro atoms. The van der Waals surface area contributed by atoms with Crippen LogP contribution in [0.4, 0.5) is 0 Å². The summed E-state index contributed by atoms with van der Waals surface area (Å²) in [6.07, 6.45) is 14.2. The van der Waals surface area contributed by atoms with E-state index in [0.717, 1.165) is 12.4 Å². The van der Waals surface area contributed by atoms with E-state index in [-0.39, 0.29) is 12.4 Å². The van der Waals surface area contributed by atoms with Crippen LogP contribution in [-0.4, -0.2) is 23.6 Å². The Kier molecular flexibility index (Phi) is 12.1. The quantitative estimate of drug-likeness (QED) is 0.405. The van der Waals surface area contributed by atoms with Crippen LogP contribution < -0.4 is 23.3 Å². The topological polar surface area (TPSA) is 46.1 Å². The third kappa shape index (κ3) is 8.03. The molecule has 1 heterocycles. The van der Waals surface area contributed by atoms with E-state index in [4.69, 9.17) is 5.84 Å². The van der Waals surface area contributed by atoms with Crippen molar-refractivity contribution >= 4 is 5.84 Å². The summed E-state index contributed by atoms with van der Waals surface area (Å²) in [5, 5.41) is 7.61. The molecule has 1 aliphatic rings. The Morgan fingerprint density at radius 2 is 1.48 bits per heavy atom. The Morgan fingerprint density at radius 1 is 1.00 bits per heavy atom. The fraction of sp³-hybridized carbons (Fsp3) is 0.938. The first kappa shape index (κ1) is 20.7. The van der Waals surface area contributed by atoms with E-state index in [1.165, 1.54) is 69.2 Å². The maximum atomic E-state index is 5.91. The van der Waals surface area contributed by atoms with E-state index in [1.54, 1.807) is 5.01 Å². The standard InChI is InChI=1S/C16H34N4.ClH/c1-4-5-6-7-8-9-10-11-12-13-14-19-16(3)20(17)15(2)18-19;/h16H,4-14,17H2,1-3H3;1H. The normalized spacial score (nSPS) is 21.3. The molecule has 2 unspecified atom stereocenters. The molecule has 126 valence electrons. The number of rotatable bonds is 11. The number of unbranched alkanes of at least 4 members (excludes halogenated alkanes) is 9. The maximum Gasteiger partial charge on any atom is 0.199 e. The van der Waals surface area contributed by atoms with Crippen molar-refractivity contribution in [3.8, 4) is 0 Å². The summed E-state index contributed by atoms with van der Waals surface area (Å²) in [4.78, 5) is 0. The van der Waals surface area contributed by atoms with Gasteiger partial charge in [-0.05, 0) is 12.8 Å². The molecule has 0 fully saturated rings. The van der Waals surface area contributed by atoms with Crippen molar-refractivity contribution in [2.24, 2.45) is 10.9 Å². The highest BCUT2D eigenvalue weighted by atomic mass is 35.5. The predicted octanol–water partition coefficient (Wildman–Crippen LogP) is -0.335. The van der Waals surface area contributed by atoms with Crippen molar-refractivity contribution in [1.82, 2.24) is 5.01 Å². The van der Waals surface area contributed by atoms with Crippen LogP contribution in [0.1, 0.15) is 85.0 Å². The third-order valence-corrected chi connectivity index (χ3v) is 4.37. The average Bonchev–Trinajstić information content (AvgIpc) is 2.68. The average molecular weight is 319 g/mol. The molecule has 0 radical (unpaired) electrons. The first-order valence-electron chi connectivity index (χ1n) is 8.61. The summed E-state index contributed by atoms with van der Waals surface area (Å²) in [6.45, 7) is 7.52. The minimum atomic E-state index is 0. The number of nitrogens with zero attached hydrogens (tertiary/aromatic N) is 2. The molecule has 5 heteroatoms. The fourth-order valence-corrected chi connectivity index (χ4v) is 2.86. The number of hydrogen-bond acceptors (Lipinski definition) is 3. The van der Waals surface area contributed by atoms with Gasteiger partial charge in [-0.1, -0.05) is 63.4 Å². The van der Waals surface area contributed by atoms with Crippen molar-refractivity contribution < 1.29 is 17.4 Å². The van der Waals surface area contributed by atoms with Gasteiger partial charge in [0.05, 0.1) is 0 Å². The number of quaternary nitrogens is 1. The van der Waals surface area contributed by atoms with Gasteiger partial charge in [-0.15, -0.1) is 0 Å². The lowest BCUT2D eigenvalue weighted by atomic mass is 10.1. The van der Waals surface area contributed by atoms with E-state index < -0.39 is 0 Å². The smallest absolute Gasteiger partial charge is 0.199 e. The second kappa shape index (κ2) is 12.2. The van der Waals surface area contributed by atoms with Crippen molar-refractivity contribution in [1.29, 1.82) is 0 Å². The maximum absolute atomic E-state index is 5.91. The minimum Gasteiger partial charge on any atom is -1.00 e. The van der Waals surface area contributed by atoms with Gasteiger partial charge in [0.1, 0.15) is 6.54 Å². The molecule has 0 aromatic heterocycles. The highest BCUT2D eigenvalue weighted by molar-refractivity contribution is 5.79. The monoisotopic (exact) mass is 318 g/mol. The third-order valence-electron chi connectivity index (χ3n) is 4.37. The zero-order chi connectivity index (χ0) is 14.8. The van der Waals surface area contributed by atoms with Gasteiger partial charge in [-0.3, -0.25) is 0 Å². The zero-order valence-corrected chi connectivity index (χ0v) is 15.0. The number of nitrogens with two attached hydrogens (primary N) is 1. The fourth-order valence-electron chi connectivity index (χ4n) is 2.86. The molecule has 0 amide bonds. The van der Waals surface area contributed by atoms with E-state index in [2.05, 4.69) is 18.9 Å². The molecular weight excluding hydrogens is 284 g/mol. The molecular formula is C16H35ClN4. The number of hydrazine groups is 1. The van der Waals surface area contributed by atoms with Gasteiger partial charge in [0, 0.05) is 13.8 Å². The summed E-state index contributed by atoms with van der Waals surface area (Å²) in [7, 11) is 0. The molecule has 0 aromatic rings. The van der Waals surface area contributed by atoms with Gasteiger partial charge in [0.15, 0.2) is 12.0 Å². The zero-order valence-electron chi connectivity index (χ0n) is 14.2. The van der Waals surface area contributed by atoms with Crippen LogP contribution in [-0.2, 0) is 0 Å². The van der Waals surface area contributed by atoms with Crippen LogP contribution in [0, 0.1) is 0 Å². The van der Waals surface area contributed by atoms with Crippen molar-refractivity contribution in [2.45, 2.75) is 91.1 Å². The van der Waals surface area contributed by atoms with Crippen molar-refractivity contribution in [3.63, 3.8) is 0 Å². The Balaban J connectivity index is 0.00000400. The number of nitrogens with one attached hydrogen (secondary N) is 1. The number of hydrogen-bond donors (Lipinski definition) is 2. The number of halogens is 1. The Bertz CT molecular complexity index is 283. The van der Waals surface area contributed by atoms with E-state index >= 15 is 0 Å². The summed E-state index contributed by atoms with van der Waals surface area (Å²) < 4.78 is 0. The van der Waals surface area contributed by atoms with Gasteiger partial charge in [0.2, 0.25) is 0 Å². The largest absolute Gasteiger partial charge is 1.00 e. The molecule has 21 heavy (non-hydrogen) atoms. The minimum absolute atomic E-state index is 0. The van der Waals surface area contributed by atoms with Crippen LogP contribution >= 0.6 is 0 Å². The van der Waals surface area contributed by atoms with Crippen LogP contribution in [0.25, 0.3) is 0 Å². The highest BCUT2D eigenvalue weighted by Gasteiger charge is 2.30. The lowest BCUT2D eigenvalue weighted by molar-refractivity contribution is -0.932. The van der Waals surface area contributed by atoms with Crippen molar-refractivity contribution in [2.75, 3.05) is 6.54 Å². The summed E-state index contributed by atoms with van der Waals surface area (Å²) in [6, 6.07) is 0. The Labute approximate surface area is 137 Å². The van der Waals surface area contributed by atoms with E-state index in [0.29, 0.717) is 6.17 Å². The van der Waals surface area contributed by atoms with Crippen molar-refractivity contribution in [3.05, 3.63) is 0 Å². The molecule has 1 rings (SSSR count). The lowest BCUT2D eigenvalue weighted by Crippen LogP contribution is -3.11. The molecule has 0 aliphatic carbocycles. The van der Waals surface area contributed by atoms with E-state index in [1.807, 2.05) is 6.92 Å². The van der Waals surface area contributed by atoms with Crippen LogP contribution in [0.5, 0.6) is 0 Å².